The zero-order valence-corrected chi connectivity index (χ0v) is 21.5. The molecule has 1 saturated heterocycles. The lowest BCUT2D eigenvalue weighted by atomic mass is 9.87. The van der Waals surface area contributed by atoms with E-state index in [-0.39, 0.29) is 23.9 Å². The van der Waals surface area contributed by atoms with Crippen LogP contribution in [0.4, 0.5) is 10.5 Å². The van der Waals surface area contributed by atoms with Gasteiger partial charge in [-0.25, -0.2) is 4.79 Å². The Kier molecular flexibility index (Phi) is 7.80. The van der Waals surface area contributed by atoms with Crippen molar-refractivity contribution in [1.29, 1.82) is 0 Å². The van der Waals surface area contributed by atoms with Crippen LogP contribution in [0.5, 0.6) is 0 Å². The fourth-order valence-electron chi connectivity index (χ4n) is 5.70. The van der Waals surface area contributed by atoms with Gasteiger partial charge in [0, 0.05) is 31.7 Å². The number of carbonyl (C=O) groups is 2. The fraction of sp³-hybridized carbons (Fsp3) is 0.517. The summed E-state index contributed by atoms with van der Waals surface area (Å²) >= 11 is 0. The van der Waals surface area contributed by atoms with E-state index in [4.69, 9.17) is 0 Å². The quantitative estimate of drug-likeness (QED) is 0.541. The minimum absolute atomic E-state index is 0.0160. The number of amides is 2. The van der Waals surface area contributed by atoms with Gasteiger partial charge in [0.05, 0.1) is 6.04 Å². The van der Waals surface area contributed by atoms with Gasteiger partial charge in [0.25, 0.3) is 0 Å². The van der Waals surface area contributed by atoms with E-state index >= 15 is 0 Å². The molecule has 0 spiro atoms. The number of fused-ring (bicyclic) bond motifs is 1. The summed E-state index contributed by atoms with van der Waals surface area (Å²) in [6.07, 6.45) is 3.59. The smallest absolute Gasteiger partial charge is 0.407 e. The number of benzene rings is 2. The zero-order chi connectivity index (χ0) is 25.1. The molecule has 0 aliphatic carbocycles. The SMILES string of the molecule is CC(=O)N1c2ccc(-c3ccc(CN4CCCCC4)cc3)cc2[C@H](N(CC(C)C)C(=O)O)C[C@@H]1C. The van der Waals surface area contributed by atoms with Crippen LogP contribution in [0, 0.1) is 5.92 Å². The van der Waals surface area contributed by atoms with Crippen molar-refractivity contribution in [2.75, 3.05) is 24.5 Å². The normalized spacial score (nSPS) is 20.5. The lowest BCUT2D eigenvalue weighted by Crippen LogP contribution is -2.47. The van der Waals surface area contributed by atoms with Gasteiger partial charge >= 0.3 is 6.09 Å². The fourth-order valence-corrected chi connectivity index (χ4v) is 5.70. The van der Waals surface area contributed by atoms with Crippen LogP contribution in [-0.2, 0) is 11.3 Å². The predicted octanol–water partition coefficient (Wildman–Crippen LogP) is 6.16. The number of nitrogens with zero attached hydrogens (tertiary/aromatic N) is 3. The number of hydrogen-bond acceptors (Lipinski definition) is 3. The molecule has 2 aliphatic rings. The Morgan fingerprint density at radius 2 is 1.69 bits per heavy atom. The van der Waals surface area contributed by atoms with Gasteiger partial charge in [-0.05, 0) is 79.6 Å². The highest BCUT2D eigenvalue weighted by atomic mass is 16.4. The molecule has 2 amide bonds. The highest BCUT2D eigenvalue weighted by Crippen LogP contribution is 2.42. The van der Waals surface area contributed by atoms with Crippen molar-refractivity contribution in [1.82, 2.24) is 9.80 Å². The van der Waals surface area contributed by atoms with Crippen LogP contribution in [0.15, 0.2) is 42.5 Å². The van der Waals surface area contributed by atoms with Crippen LogP contribution in [0.1, 0.15) is 70.5 Å². The van der Waals surface area contributed by atoms with Gasteiger partial charge in [0.2, 0.25) is 5.91 Å². The number of rotatable bonds is 6. The van der Waals surface area contributed by atoms with E-state index < -0.39 is 6.09 Å². The number of hydrogen-bond donors (Lipinski definition) is 1. The van der Waals surface area contributed by atoms with Crippen LogP contribution in [0.3, 0.4) is 0 Å². The first kappa shape index (κ1) is 25.2. The maximum atomic E-state index is 12.5. The van der Waals surface area contributed by atoms with Crippen LogP contribution >= 0.6 is 0 Å². The molecule has 0 saturated carbocycles. The molecule has 6 heteroatoms. The molecular formula is C29H39N3O3. The second-order valence-electron chi connectivity index (χ2n) is 10.6. The van der Waals surface area contributed by atoms with Crippen molar-refractivity contribution in [3.8, 4) is 11.1 Å². The van der Waals surface area contributed by atoms with Gasteiger partial charge in [-0.3, -0.25) is 9.69 Å². The van der Waals surface area contributed by atoms with Gasteiger partial charge in [-0.1, -0.05) is 50.6 Å². The van der Waals surface area contributed by atoms with E-state index in [0.29, 0.717) is 13.0 Å². The molecule has 4 rings (SSSR count). The Hall–Kier alpha value is -2.86. The number of carbonyl (C=O) groups excluding carboxylic acids is 1. The first-order chi connectivity index (χ1) is 16.7. The molecule has 188 valence electrons. The maximum absolute atomic E-state index is 12.5. The van der Waals surface area contributed by atoms with Crippen molar-refractivity contribution >= 4 is 17.7 Å². The Balaban J connectivity index is 1.67. The molecule has 1 fully saturated rings. The summed E-state index contributed by atoms with van der Waals surface area (Å²) in [6.45, 7) is 11.5. The van der Waals surface area contributed by atoms with E-state index in [0.717, 1.165) is 28.9 Å². The van der Waals surface area contributed by atoms with Crippen molar-refractivity contribution in [2.24, 2.45) is 5.92 Å². The summed E-state index contributed by atoms with van der Waals surface area (Å²) in [5, 5.41) is 10.1. The lowest BCUT2D eigenvalue weighted by molar-refractivity contribution is -0.117. The highest BCUT2D eigenvalue weighted by molar-refractivity contribution is 5.94. The molecule has 0 radical (unpaired) electrons. The number of anilines is 1. The molecule has 2 atom stereocenters. The lowest BCUT2D eigenvalue weighted by Gasteiger charge is -2.43. The third kappa shape index (κ3) is 5.69. The van der Waals surface area contributed by atoms with E-state index in [2.05, 4.69) is 41.3 Å². The zero-order valence-electron chi connectivity index (χ0n) is 21.5. The predicted molar refractivity (Wildman–Crippen MR) is 141 cm³/mol. The van der Waals surface area contributed by atoms with Gasteiger partial charge in [-0.2, -0.15) is 0 Å². The average molecular weight is 478 g/mol. The summed E-state index contributed by atoms with van der Waals surface area (Å²) in [6, 6.07) is 14.5. The largest absolute Gasteiger partial charge is 0.465 e. The van der Waals surface area contributed by atoms with Gasteiger partial charge in [-0.15, -0.1) is 0 Å². The summed E-state index contributed by atoms with van der Waals surface area (Å²) in [5.74, 6) is 0.198. The maximum Gasteiger partial charge on any atom is 0.407 e. The minimum Gasteiger partial charge on any atom is -0.465 e. The van der Waals surface area contributed by atoms with Crippen LogP contribution in [-0.4, -0.2) is 52.6 Å². The molecule has 35 heavy (non-hydrogen) atoms. The monoisotopic (exact) mass is 477 g/mol. The third-order valence-electron chi connectivity index (χ3n) is 7.32. The van der Waals surface area contributed by atoms with Gasteiger partial charge in [0.15, 0.2) is 0 Å². The van der Waals surface area contributed by atoms with Crippen molar-refractivity contribution in [3.63, 3.8) is 0 Å². The molecule has 0 bridgehead atoms. The van der Waals surface area contributed by atoms with Crippen LogP contribution < -0.4 is 4.90 Å². The highest BCUT2D eigenvalue weighted by Gasteiger charge is 2.37. The number of likely N-dealkylation sites (tertiary alicyclic amines) is 1. The average Bonchev–Trinajstić information content (AvgIpc) is 2.82. The van der Waals surface area contributed by atoms with E-state index in [1.165, 1.54) is 37.9 Å². The van der Waals surface area contributed by atoms with Crippen molar-refractivity contribution < 1.29 is 14.7 Å². The van der Waals surface area contributed by atoms with Crippen molar-refractivity contribution in [2.45, 2.75) is 72.0 Å². The van der Waals surface area contributed by atoms with E-state index in [9.17, 15) is 14.7 Å². The molecule has 0 aromatic heterocycles. The third-order valence-corrected chi connectivity index (χ3v) is 7.32. The number of piperidine rings is 1. The Morgan fingerprint density at radius 1 is 1.03 bits per heavy atom. The topological polar surface area (TPSA) is 64.1 Å². The number of carboxylic acid groups (broad SMARTS) is 1. The van der Waals surface area contributed by atoms with E-state index in [1.807, 2.05) is 31.7 Å². The van der Waals surface area contributed by atoms with E-state index in [1.54, 1.807) is 11.8 Å². The van der Waals surface area contributed by atoms with Crippen LogP contribution in [0.2, 0.25) is 0 Å². The summed E-state index contributed by atoms with van der Waals surface area (Å²) in [4.78, 5) is 30.7. The van der Waals surface area contributed by atoms with Crippen LogP contribution in [0.25, 0.3) is 11.1 Å². The summed E-state index contributed by atoms with van der Waals surface area (Å²) in [7, 11) is 0. The molecule has 1 N–H and O–H groups in total. The summed E-state index contributed by atoms with van der Waals surface area (Å²) in [5.41, 5.74) is 5.20. The first-order valence-corrected chi connectivity index (χ1v) is 13.0. The molecule has 0 unspecified atom stereocenters. The molecule has 2 aromatic carbocycles. The molecule has 2 heterocycles. The molecule has 2 aliphatic heterocycles. The first-order valence-electron chi connectivity index (χ1n) is 13.0. The van der Waals surface area contributed by atoms with Crippen molar-refractivity contribution in [3.05, 3.63) is 53.6 Å². The Labute approximate surface area is 209 Å². The second-order valence-corrected chi connectivity index (χ2v) is 10.6. The Bertz CT molecular complexity index is 1040. The standard InChI is InChI=1S/C29H39N3O3/c1-20(2)18-31(29(34)35)28-16-21(3)32(22(4)33)27-13-12-25(17-26(27)28)24-10-8-23(9-11-24)19-30-14-6-5-7-15-30/h8-13,17,20-21,28H,5-7,14-16,18-19H2,1-4H3,(H,34,35)/t21-,28+/m0/s1. The minimum atomic E-state index is -0.911. The molecule has 6 nitrogen and oxygen atoms in total. The summed E-state index contributed by atoms with van der Waals surface area (Å²) < 4.78 is 0. The molecular weight excluding hydrogens is 438 g/mol. The van der Waals surface area contributed by atoms with Gasteiger partial charge in [0.1, 0.15) is 0 Å². The molecule has 2 aromatic rings. The van der Waals surface area contributed by atoms with Gasteiger partial charge < -0.3 is 14.9 Å². The Morgan fingerprint density at radius 3 is 2.29 bits per heavy atom. The second kappa shape index (κ2) is 10.8.